The number of likely N-dealkylation sites (N-methyl/N-ethyl adjacent to an activating group) is 1. The van der Waals surface area contributed by atoms with Crippen LogP contribution in [0.3, 0.4) is 0 Å². The van der Waals surface area contributed by atoms with Crippen LogP contribution in [0.15, 0.2) is 23.1 Å². The fourth-order valence-electron chi connectivity index (χ4n) is 1.13. The van der Waals surface area contributed by atoms with E-state index in [0.29, 0.717) is 0 Å². The number of hydrogen-bond acceptors (Lipinski definition) is 2. The van der Waals surface area contributed by atoms with E-state index < -0.39 is 0 Å². The average molecular weight is 216 g/mol. The first kappa shape index (κ1) is 10.9. The molecule has 0 aliphatic heterocycles. The molecule has 0 fully saturated rings. The molecule has 0 aliphatic rings. The normalized spacial score (nSPS) is 10.4. The lowest BCUT2D eigenvalue weighted by atomic mass is 10.1. The van der Waals surface area contributed by atoms with Crippen molar-refractivity contribution >= 4 is 23.4 Å². The summed E-state index contributed by atoms with van der Waals surface area (Å²) in [6.45, 7) is 0.995. The van der Waals surface area contributed by atoms with Crippen LogP contribution >= 0.6 is 23.4 Å². The van der Waals surface area contributed by atoms with Crippen molar-refractivity contribution in [3.63, 3.8) is 0 Å². The van der Waals surface area contributed by atoms with Gasteiger partial charge in [-0.15, -0.1) is 11.8 Å². The fourth-order valence-corrected chi connectivity index (χ4v) is 2.03. The standard InChI is InChI=1S/C10H14ClNS/c1-12-6-5-8-3-4-10(13-2)9(11)7-8/h3-4,7,12H,5-6H2,1-2H3. The van der Waals surface area contributed by atoms with Gasteiger partial charge in [0.05, 0.1) is 5.02 Å². The molecule has 0 radical (unpaired) electrons. The minimum atomic E-state index is 0.862. The Balaban J connectivity index is 2.71. The zero-order valence-corrected chi connectivity index (χ0v) is 9.50. The Morgan fingerprint density at radius 3 is 2.77 bits per heavy atom. The minimum absolute atomic E-state index is 0.862. The van der Waals surface area contributed by atoms with E-state index in [-0.39, 0.29) is 0 Å². The number of nitrogens with one attached hydrogen (secondary N) is 1. The molecule has 0 saturated heterocycles. The van der Waals surface area contributed by atoms with Crippen molar-refractivity contribution in [1.82, 2.24) is 5.32 Å². The van der Waals surface area contributed by atoms with E-state index in [1.165, 1.54) is 5.56 Å². The smallest absolute Gasteiger partial charge is 0.0544 e. The van der Waals surface area contributed by atoms with Gasteiger partial charge in [-0.2, -0.15) is 0 Å². The molecule has 0 unspecified atom stereocenters. The Hall–Kier alpha value is -0.180. The molecule has 0 bridgehead atoms. The van der Waals surface area contributed by atoms with E-state index in [1.54, 1.807) is 11.8 Å². The maximum atomic E-state index is 6.07. The average Bonchev–Trinajstić information content (AvgIpc) is 2.15. The Morgan fingerprint density at radius 1 is 1.46 bits per heavy atom. The Morgan fingerprint density at radius 2 is 2.23 bits per heavy atom. The summed E-state index contributed by atoms with van der Waals surface area (Å²) in [5.41, 5.74) is 1.29. The first-order valence-electron chi connectivity index (χ1n) is 4.25. The van der Waals surface area contributed by atoms with E-state index in [2.05, 4.69) is 17.4 Å². The van der Waals surface area contributed by atoms with Gasteiger partial charge in [-0.25, -0.2) is 0 Å². The summed E-state index contributed by atoms with van der Waals surface area (Å²) in [5.74, 6) is 0. The highest BCUT2D eigenvalue weighted by Crippen LogP contribution is 2.25. The minimum Gasteiger partial charge on any atom is -0.319 e. The summed E-state index contributed by atoms with van der Waals surface area (Å²) in [4.78, 5) is 1.15. The van der Waals surface area contributed by atoms with Gasteiger partial charge in [0.1, 0.15) is 0 Å². The van der Waals surface area contributed by atoms with E-state index in [9.17, 15) is 0 Å². The van der Waals surface area contributed by atoms with Crippen molar-refractivity contribution in [2.45, 2.75) is 11.3 Å². The zero-order valence-electron chi connectivity index (χ0n) is 7.93. The summed E-state index contributed by atoms with van der Waals surface area (Å²) < 4.78 is 0. The van der Waals surface area contributed by atoms with Crippen LogP contribution in [0.5, 0.6) is 0 Å². The molecule has 72 valence electrons. The van der Waals surface area contributed by atoms with Gasteiger partial charge in [0.25, 0.3) is 0 Å². The Bertz CT molecular complexity index is 276. The summed E-state index contributed by atoms with van der Waals surface area (Å²) >= 11 is 7.75. The van der Waals surface area contributed by atoms with Gasteiger partial charge in [0.15, 0.2) is 0 Å². The molecule has 1 aromatic rings. The summed E-state index contributed by atoms with van der Waals surface area (Å²) in [6.07, 6.45) is 3.07. The predicted molar refractivity (Wildman–Crippen MR) is 60.9 cm³/mol. The molecular weight excluding hydrogens is 202 g/mol. The highest BCUT2D eigenvalue weighted by atomic mass is 35.5. The third-order valence-corrected chi connectivity index (χ3v) is 3.10. The largest absolute Gasteiger partial charge is 0.319 e. The number of thioether (sulfide) groups is 1. The van der Waals surface area contributed by atoms with Crippen molar-refractivity contribution in [3.05, 3.63) is 28.8 Å². The Labute approximate surface area is 88.9 Å². The lowest BCUT2D eigenvalue weighted by molar-refractivity contribution is 0.791. The van der Waals surface area contributed by atoms with E-state index in [0.717, 1.165) is 22.9 Å². The molecule has 1 N–H and O–H groups in total. The maximum Gasteiger partial charge on any atom is 0.0544 e. The highest BCUT2D eigenvalue weighted by molar-refractivity contribution is 7.98. The quantitative estimate of drug-likeness (QED) is 0.776. The van der Waals surface area contributed by atoms with Crippen LogP contribution in [-0.2, 0) is 6.42 Å². The molecule has 0 aliphatic carbocycles. The van der Waals surface area contributed by atoms with Crippen molar-refractivity contribution in [2.24, 2.45) is 0 Å². The summed E-state index contributed by atoms with van der Waals surface area (Å²) in [5, 5.41) is 3.98. The van der Waals surface area contributed by atoms with Crippen LogP contribution in [0.25, 0.3) is 0 Å². The van der Waals surface area contributed by atoms with Crippen molar-refractivity contribution < 1.29 is 0 Å². The van der Waals surface area contributed by atoms with E-state index >= 15 is 0 Å². The third kappa shape index (κ3) is 3.22. The van der Waals surface area contributed by atoms with Crippen molar-refractivity contribution in [3.8, 4) is 0 Å². The molecule has 0 atom stereocenters. The van der Waals surface area contributed by atoms with Crippen LogP contribution in [0.1, 0.15) is 5.56 Å². The van der Waals surface area contributed by atoms with Gasteiger partial charge in [0, 0.05) is 4.90 Å². The fraction of sp³-hybridized carbons (Fsp3) is 0.400. The molecule has 1 nitrogen and oxygen atoms in total. The molecule has 0 heterocycles. The third-order valence-electron chi connectivity index (χ3n) is 1.88. The first-order valence-corrected chi connectivity index (χ1v) is 5.85. The molecule has 1 rings (SSSR count). The Kier molecular flexibility index (Phi) is 4.64. The molecule has 1 aromatic carbocycles. The number of benzene rings is 1. The maximum absolute atomic E-state index is 6.07. The first-order chi connectivity index (χ1) is 6.27. The van der Waals surface area contributed by atoms with E-state index in [4.69, 9.17) is 11.6 Å². The van der Waals surface area contributed by atoms with Gasteiger partial charge in [-0.3, -0.25) is 0 Å². The number of halogens is 1. The SMILES string of the molecule is CNCCc1ccc(SC)c(Cl)c1. The molecular formula is C10H14ClNS. The van der Waals surface area contributed by atoms with Gasteiger partial charge in [-0.1, -0.05) is 17.7 Å². The second-order valence-corrected chi connectivity index (χ2v) is 4.08. The molecule has 0 aromatic heterocycles. The van der Waals surface area contributed by atoms with Crippen LogP contribution in [0.4, 0.5) is 0 Å². The monoisotopic (exact) mass is 215 g/mol. The lowest BCUT2D eigenvalue weighted by Gasteiger charge is -2.04. The van der Waals surface area contributed by atoms with Crippen molar-refractivity contribution in [2.75, 3.05) is 19.8 Å². The highest BCUT2D eigenvalue weighted by Gasteiger charge is 1.99. The molecule has 0 saturated carbocycles. The van der Waals surface area contributed by atoms with Crippen LogP contribution in [0, 0.1) is 0 Å². The lowest BCUT2D eigenvalue weighted by Crippen LogP contribution is -2.10. The topological polar surface area (TPSA) is 12.0 Å². The second kappa shape index (κ2) is 5.53. The van der Waals surface area contributed by atoms with Gasteiger partial charge >= 0.3 is 0 Å². The number of hydrogen-bond donors (Lipinski definition) is 1. The molecule has 0 amide bonds. The summed E-state index contributed by atoms with van der Waals surface area (Å²) in [7, 11) is 1.96. The number of rotatable bonds is 4. The zero-order chi connectivity index (χ0) is 9.68. The van der Waals surface area contributed by atoms with Crippen LogP contribution < -0.4 is 5.32 Å². The summed E-state index contributed by atoms with van der Waals surface area (Å²) in [6, 6.07) is 6.26. The van der Waals surface area contributed by atoms with Gasteiger partial charge in [-0.05, 0) is 44.0 Å². The van der Waals surface area contributed by atoms with Crippen molar-refractivity contribution in [1.29, 1.82) is 0 Å². The van der Waals surface area contributed by atoms with Crippen LogP contribution in [-0.4, -0.2) is 19.8 Å². The molecule has 0 spiro atoms. The van der Waals surface area contributed by atoms with Gasteiger partial charge in [0.2, 0.25) is 0 Å². The van der Waals surface area contributed by atoms with Crippen LogP contribution in [0.2, 0.25) is 5.02 Å². The second-order valence-electron chi connectivity index (χ2n) is 2.82. The van der Waals surface area contributed by atoms with Gasteiger partial charge < -0.3 is 5.32 Å². The predicted octanol–water partition coefficient (Wildman–Crippen LogP) is 2.82. The molecule has 13 heavy (non-hydrogen) atoms. The van der Waals surface area contributed by atoms with E-state index in [1.807, 2.05) is 19.4 Å². The molecule has 3 heteroatoms.